The first-order valence-electron chi connectivity index (χ1n) is 7.56. The molecule has 0 saturated heterocycles. The Kier molecular flexibility index (Phi) is 5.58. The third-order valence-electron chi connectivity index (χ3n) is 3.85. The Bertz CT molecular complexity index is 789. The summed E-state index contributed by atoms with van der Waals surface area (Å²) in [5.41, 5.74) is 1.89. The van der Waals surface area contributed by atoms with Crippen molar-refractivity contribution in [3.8, 4) is 0 Å². The Morgan fingerprint density at radius 3 is 2.29 bits per heavy atom. The van der Waals surface area contributed by atoms with Gasteiger partial charge in [0.25, 0.3) is 10.0 Å². The number of nitrogens with zero attached hydrogens (tertiary/aromatic N) is 3. The molecular formula is C17H23N3O3S. The van der Waals surface area contributed by atoms with Crippen molar-refractivity contribution < 1.29 is 13.3 Å². The molecule has 1 aromatic heterocycles. The molecular weight excluding hydrogens is 326 g/mol. The SMILES string of the molecule is CON(C(C)c1ccccc1C)S(=O)(=O)c1ccc(N(C)C)nc1. The van der Waals surface area contributed by atoms with Crippen LogP contribution in [0.25, 0.3) is 0 Å². The molecule has 1 atom stereocenters. The van der Waals surface area contributed by atoms with Crippen LogP contribution in [0, 0.1) is 6.92 Å². The fraction of sp³-hybridized carbons (Fsp3) is 0.353. The summed E-state index contributed by atoms with van der Waals surface area (Å²) < 4.78 is 26.9. The predicted octanol–water partition coefficient (Wildman–Crippen LogP) is 2.77. The summed E-state index contributed by atoms with van der Waals surface area (Å²) in [6.45, 7) is 3.74. The van der Waals surface area contributed by atoms with Crippen molar-refractivity contribution in [3.05, 3.63) is 53.7 Å². The lowest BCUT2D eigenvalue weighted by molar-refractivity contribution is -0.0774. The Labute approximate surface area is 143 Å². The standard InChI is InChI=1S/C17H23N3O3S/c1-13-8-6-7-9-16(13)14(2)20(23-5)24(21,22)15-10-11-17(18-12-15)19(3)4/h6-12,14H,1-5H3. The predicted molar refractivity (Wildman–Crippen MR) is 94.2 cm³/mol. The molecule has 1 aromatic carbocycles. The Balaban J connectivity index is 2.39. The van der Waals surface area contributed by atoms with E-state index in [9.17, 15) is 8.42 Å². The van der Waals surface area contributed by atoms with Gasteiger partial charge < -0.3 is 4.90 Å². The van der Waals surface area contributed by atoms with Gasteiger partial charge in [-0.3, -0.25) is 4.84 Å². The van der Waals surface area contributed by atoms with Crippen LogP contribution in [0.3, 0.4) is 0 Å². The van der Waals surface area contributed by atoms with Crippen molar-refractivity contribution in [2.75, 3.05) is 26.1 Å². The van der Waals surface area contributed by atoms with Crippen LogP contribution in [-0.4, -0.2) is 39.1 Å². The number of hydrogen-bond donors (Lipinski definition) is 0. The number of anilines is 1. The molecule has 0 aliphatic rings. The topological polar surface area (TPSA) is 62.7 Å². The molecule has 130 valence electrons. The lowest BCUT2D eigenvalue weighted by Gasteiger charge is -2.27. The van der Waals surface area contributed by atoms with Gasteiger partial charge in [-0.15, -0.1) is 0 Å². The quantitative estimate of drug-likeness (QED) is 0.751. The second kappa shape index (κ2) is 7.29. The lowest BCUT2D eigenvalue weighted by Crippen LogP contribution is -2.33. The van der Waals surface area contributed by atoms with Gasteiger partial charge in [-0.2, -0.15) is 0 Å². The van der Waals surface area contributed by atoms with Gasteiger partial charge in [0.15, 0.2) is 0 Å². The largest absolute Gasteiger partial charge is 0.363 e. The first-order chi connectivity index (χ1) is 11.3. The minimum atomic E-state index is -3.83. The molecule has 7 heteroatoms. The summed E-state index contributed by atoms with van der Waals surface area (Å²) in [5, 5.41) is 0. The normalized spacial score (nSPS) is 13.1. The van der Waals surface area contributed by atoms with Gasteiger partial charge in [-0.05, 0) is 37.1 Å². The molecule has 6 nitrogen and oxygen atoms in total. The van der Waals surface area contributed by atoms with Crippen LogP contribution in [0.2, 0.25) is 0 Å². The van der Waals surface area contributed by atoms with Crippen LogP contribution in [0.1, 0.15) is 24.1 Å². The van der Waals surface area contributed by atoms with E-state index in [0.29, 0.717) is 5.82 Å². The number of sulfonamides is 1. The maximum Gasteiger partial charge on any atom is 0.267 e. The number of rotatable bonds is 6. The van der Waals surface area contributed by atoms with Crippen LogP contribution >= 0.6 is 0 Å². The van der Waals surface area contributed by atoms with E-state index >= 15 is 0 Å². The van der Waals surface area contributed by atoms with Gasteiger partial charge in [-0.25, -0.2) is 13.4 Å². The Hall–Kier alpha value is -1.96. The van der Waals surface area contributed by atoms with Crippen molar-refractivity contribution >= 4 is 15.8 Å². The molecule has 0 aliphatic heterocycles. The van der Waals surface area contributed by atoms with Crippen molar-refractivity contribution in [2.45, 2.75) is 24.8 Å². The van der Waals surface area contributed by atoms with Crippen molar-refractivity contribution in [1.29, 1.82) is 0 Å². The summed E-state index contributed by atoms with van der Waals surface area (Å²) in [5.74, 6) is 0.685. The van der Waals surface area contributed by atoms with E-state index in [0.717, 1.165) is 15.6 Å². The molecule has 2 rings (SSSR count). The minimum absolute atomic E-state index is 0.0929. The van der Waals surface area contributed by atoms with E-state index in [1.54, 1.807) is 17.9 Å². The molecule has 1 unspecified atom stereocenters. The Morgan fingerprint density at radius 2 is 1.79 bits per heavy atom. The van der Waals surface area contributed by atoms with Gasteiger partial charge in [0.1, 0.15) is 10.7 Å². The van der Waals surface area contributed by atoms with Crippen LogP contribution in [0.15, 0.2) is 47.5 Å². The molecule has 0 aliphatic carbocycles. The van der Waals surface area contributed by atoms with Gasteiger partial charge >= 0.3 is 0 Å². The molecule has 0 N–H and O–H groups in total. The minimum Gasteiger partial charge on any atom is -0.363 e. The molecule has 0 bridgehead atoms. The average molecular weight is 349 g/mol. The number of aromatic nitrogens is 1. The van der Waals surface area contributed by atoms with E-state index < -0.39 is 16.1 Å². The van der Waals surface area contributed by atoms with Crippen LogP contribution in [0.4, 0.5) is 5.82 Å². The van der Waals surface area contributed by atoms with Gasteiger partial charge in [0, 0.05) is 20.3 Å². The lowest BCUT2D eigenvalue weighted by atomic mass is 10.0. The summed E-state index contributed by atoms with van der Waals surface area (Å²) >= 11 is 0. The second-order valence-electron chi connectivity index (χ2n) is 5.72. The van der Waals surface area contributed by atoms with Gasteiger partial charge in [0.05, 0.1) is 13.2 Å². The van der Waals surface area contributed by atoms with E-state index in [1.165, 1.54) is 19.4 Å². The van der Waals surface area contributed by atoms with Crippen molar-refractivity contribution in [2.24, 2.45) is 0 Å². The number of aryl methyl sites for hydroxylation is 1. The second-order valence-corrected chi connectivity index (χ2v) is 7.50. The summed E-state index contributed by atoms with van der Waals surface area (Å²) in [6.07, 6.45) is 1.35. The number of benzene rings is 1. The zero-order valence-electron chi connectivity index (χ0n) is 14.6. The molecule has 0 spiro atoms. The maximum atomic E-state index is 12.9. The highest BCUT2D eigenvalue weighted by molar-refractivity contribution is 7.89. The smallest absolute Gasteiger partial charge is 0.267 e. The summed E-state index contributed by atoms with van der Waals surface area (Å²) in [6, 6.07) is 10.4. The summed E-state index contributed by atoms with van der Waals surface area (Å²) in [4.78, 5) is 11.3. The van der Waals surface area contributed by atoms with Crippen LogP contribution in [-0.2, 0) is 14.9 Å². The maximum absolute atomic E-state index is 12.9. The fourth-order valence-electron chi connectivity index (χ4n) is 2.53. The molecule has 2 aromatic rings. The molecule has 1 heterocycles. The third-order valence-corrected chi connectivity index (χ3v) is 5.62. The monoisotopic (exact) mass is 349 g/mol. The van der Waals surface area contributed by atoms with E-state index in [2.05, 4.69) is 4.98 Å². The molecule has 0 amide bonds. The highest BCUT2D eigenvalue weighted by Crippen LogP contribution is 2.29. The first-order valence-corrected chi connectivity index (χ1v) is 9.00. The number of hydroxylamine groups is 1. The third kappa shape index (κ3) is 3.58. The molecule has 24 heavy (non-hydrogen) atoms. The number of pyridine rings is 1. The van der Waals surface area contributed by atoms with E-state index in [1.807, 2.05) is 45.3 Å². The van der Waals surface area contributed by atoms with Crippen LogP contribution < -0.4 is 4.90 Å². The molecule has 0 radical (unpaired) electrons. The number of hydrogen-bond acceptors (Lipinski definition) is 5. The highest BCUT2D eigenvalue weighted by Gasteiger charge is 2.31. The van der Waals surface area contributed by atoms with Gasteiger partial charge in [0.2, 0.25) is 0 Å². The fourth-order valence-corrected chi connectivity index (χ4v) is 3.89. The van der Waals surface area contributed by atoms with Crippen molar-refractivity contribution in [1.82, 2.24) is 9.45 Å². The zero-order valence-corrected chi connectivity index (χ0v) is 15.4. The summed E-state index contributed by atoms with van der Waals surface area (Å²) in [7, 11) is 1.22. The molecule has 0 saturated carbocycles. The first kappa shape index (κ1) is 18.4. The van der Waals surface area contributed by atoms with E-state index in [-0.39, 0.29) is 4.90 Å². The zero-order chi connectivity index (χ0) is 17.9. The van der Waals surface area contributed by atoms with Crippen LogP contribution in [0.5, 0.6) is 0 Å². The Morgan fingerprint density at radius 1 is 1.12 bits per heavy atom. The van der Waals surface area contributed by atoms with Gasteiger partial charge in [-0.1, -0.05) is 28.7 Å². The highest BCUT2D eigenvalue weighted by atomic mass is 32.2. The average Bonchev–Trinajstić information content (AvgIpc) is 2.55. The van der Waals surface area contributed by atoms with E-state index in [4.69, 9.17) is 4.84 Å². The van der Waals surface area contributed by atoms with Crippen molar-refractivity contribution in [3.63, 3.8) is 0 Å². The molecule has 0 fully saturated rings.